The molecule has 0 radical (unpaired) electrons. The van der Waals surface area contributed by atoms with Crippen LogP contribution in [-0.2, 0) is 0 Å². The van der Waals surface area contributed by atoms with Crippen LogP contribution in [0.15, 0.2) is 30.3 Å². The maximum atomic E-state index is 6.42. The van der Waals surface area contributed by atoms with E-state index in [1.54, 1.807) is 14.2 Å². The number of aromatic amines is 1. The zero-order valence-electron chi connectivity index (χ0n) is 12.0. The Kier molecular flexibility index (Phi) is 3.47. The molecule has 0 saturated carbocycles. The second-order valence-corrected chi connectivity index (χ2v) is 5.15. The first-order chi connectivity index (χ1) is 10.1. The monoisotopic (exact) mass is 302 g/mol. The number of fused-ring (bicyclic) bond motifs is 1. The van der Waals surface area contributed by atoms with Crippen LogP contribution in [0, 0.1) is 6.92 Å². The molecule has 21 heavy (non-hydrogen) atoms. The minimum absolute atomic E-state index is 0.479. The molecule has 0 aliphatic rings. The lowest BCUT2D eigenvalue weighted by Crippen LogP contribution is -1.93. The van der Waals surface area contributed by atoms with E-state index in [1.807, 2.05) is 31.2 Å². The Labute approximate surface area is 127 Å². The molecule has 2 aromatic carbocycles. The highest BCUT2D eigenvalue weighted by atomic mass is 35.5. The number of nitrogens with zero attached hydrogens (tertiary/aromatic N) is 1. The number of methoxy groups -OCH3 is 2. The van der Waals surface area contributed by atoms with Gasteiger partial charge in [-0.3, -0.25) is 0 Å². The molecule has 108 valence electrons. The highest BCUT2D eigenvalue weighted by Gasteiger charge is 2.16. The van der Waals surface area contributed by atoms with Gasteiger partial charge in [-0.15, -0.1) is 0 Å². The Balaban J connectivity index is 2.18. The molecule has 1 N–H and O–H groups in total. The summed E-state index contributed by atoms with van der Waals surface area (Å²) in [5.41, 5.74) is 3.84. The summed E-state index contributed by atoms with van der Waals surface area (Å²) in [4.78, 5) is 7.87. The highest BCUT2D eigenvalue weighted by molar-refractivity contribution is 6.35. The molecule has 0 amide bonds. The van der Waals surface area contributed by atoms with Crippen LogP contribution < -0.4 is 9.47 Å². The Morgan fingerprint density at radius 3 is 2.62 bits per heavy atom. The molecule has 0 spiro atoms. The summed E-state index contributed by atoms with van der Waals surface area (Å²) < 4.78 is 10.6. The molecule has 5 heteroatoms. The van der Waals surface area contributed by atoms with Crippen molar-refractivity contribution in [1.82, 2.24) is 9.97 Å². The van der Waals surface area contributed by atoms with Crippen LogP contribution in [0.4, 0.5) is 0 Å². The number of H-pyrrole nitrogens is 1. The molecule has 0 saturated heterocycles. The molecule has 4 nitrogen and oxygen atoms in total. The minimum Gasteiger partial charge on any atom is -0.493 e. The molecule has 1 heterocycles. The van der Waals surface area contributed by atoms with E-state index in [0.717, 1.165) is 16.6 Å². The number of imidazole rings is 1. The number of benzene rings is 2. The molecular formula is C16H15ClN2O2. The van der Waals surface area contributed by atoms with Crippen molar-refractivity contribution < 1.29 is 9.47 Å². The standard InChI is InChI=1S/C16H15ClN2O2/c1-9-4-6-11-12(8-9)19-16(18-11)10-5-7-13(20-2)15(21-3)14(10)17/h4-8H,1-3H3,(H,18,19). The van der Waals surface area contributed by atoms with Gasteiger partial charge in [-0.2, -0.15) is 0 Å². The fraction of sp³-hybridized carbons (Fsp3) is 0.188. The normalized spacial score (nSPS) is 10.9. The van der Waals surface area contributed by atoms with Crippen molar-refractivity contribution in [3.05, 3.63) is 40.9 Å². The molecule has 3 aromatic rings. The van der Waals surface area contributed by atoms with Gasteiger partial charge in [0.15, 0.2) is 11.5 Å². The number of hydrogen-bond acceptors (Lipinski definition) is 3. The summed E-state index contributed by atoms with van der Waals surface area (Å²) in [6, 6.07) is 9.76. The summed E-state index contributed by atoms with van der Waals surface area (Å²) >= 11 is 6.42. The number of ether oxygens (including phenoxy) is 2. The van der Waals surface area contributed by atoms with E-state index >= 15 is 0 Å². The average molecular weight is 303 g/mol. The van der Waals surface area contributed by atoms with Gasteiger partial charge >= 0.3 is 0 Å². The second kappa shape index (κ2) is 5.30. The van der Waals surface area contributed by atoms with Gasteiger partial charge in [0, 0.05) is 5.56 Å². The third-order valence-electron chi connectivity index (χ3n) is 3.38. The zero-order chi connectivity index (χ0) is 15.0. The van der Waals surface area contributed by atoms with E-state index in [2.05, 4.69) is 16.0 Å². The molecule has 0 atom stereocenters. The molecule has 1 aromatic heterocycles. The summed E-state index contributed by atoms with van der Waals surface area (Å²) in [7, 11) is 3.15. The van der Waals surface area contributed by atoms with Crippen molar-refractivity contribution in [2.24, 2.45) is 0 Å². The summed E-state index contributed by atoms with van der Waals surface area (Å²) in [6.45, 7) is 2.04. The summed E-state index contributed by atoms with van der Waals surface area (Å²) in [5, 5.41) is 0.479. The molecule has 0 aliphatic carbocycles. The second-order valence-electron chi connectivity index (χ2n) is 4.77. The fourth-order valence-corrected chi connectivity index (χ4v) is 2.65. The topological polar surface area (TPSA) is 47.1 Å². The average Bonchev–Trinajstić information content (AvgIpc) is 2.89. The van der Waals surface area contributed by atoms with Gasteiger partial charge in [-0.25, -0.2) is 4.98 Å². The predicted molar refractivity (Wildman–Crippen MR) is 84.4 cm³/mol. The van der Waals surface area contributed by atoms with Crippen LogP contribution in [0.1, 0.15) is 5.56 Å². The van der Waals surface area contributed by atoms with Gasteiger partial charge in [0.05, 0.1) is 30.3 Å². The van der Waals surface area contributed by atoms with E-state index in [4.69, 9.17) is 21.1 Å². The smallest absolute Gasteiger partial charge is 0.180 e. The Bertz CT molecular complexity index is 811. The van der Waals surface area contributed by atoms with Crippen LogP contribution in [0.5, 0.6) is 11.5 Å². The van der Waals surface area contributed by atoms with Crippen molar-refractivity contribution in [2.45, 2.75) is 6.92 Å². The van der Waals surface area contributed by atoms with Crippen molar-refractivity contribution in [3.8, 4) is 22.9 Å². The number of halogens is 1. The number of aromatic nitrogens is 2. The Hall–Kier alpha value is -2.20. The lowest BCUT2D eigenvalue weighted by atomic mass is 10.2. The van der Waals surface area contributed by atoms with E-state index in [9.17, 15) is 0 Å². The minimum atomic E-state index is 0.479. The molecule has 0 aliphatic heterocycles. The molecule has 3 rings (SSSR count). The van der Waals surface area contributed by atoms with Gasteiger partial charge in [-0.1, -0.05) is 17.7 Å². The summed E-state index contributed by atoms with van der Waals surface area (Å²) in [5.74, 6) is 1.81. The maximum absolute atomic E-state index is 6.42. The number of aryl methyl sites for hydroxylation is 1. The largest absolute Gasteiger partial charge is 0.493 e. The number of hydrogen-bond donors (Lipinski definition) is 1. The van der Waals surface area contributed by atoms with E-state index in [0.29, 0.717) is 22.3 Å². The van der Waals surface area contributed by atoms with Gasteiger partial charge < -0.3 is 14.5 Å². The maximum Gasteiger partial charge on any atom is 0.180 e. The molecular weight excluding hydrogens is 288 g/mol. The Morgan fingerprint density at radius 2 is 1.90 bits per heavy atom. The van der Waals surface area contributed by atoms with E-state index in [-0.39, 0.29) is 0 Å². The molecule has 0 unspecified atom stereocenters. The molecule has 0 bridgehead atoms. The predicted octanol–water partition coefficient (Wildman–Crippen LogP) is 4.21. The number of rotatable bonds is 3. The lowest BCUT2D eigenvalue weighted by molar-refractivity contribution is 0.355. The van der Waals surface area contributed by atoms with Crippen LogP contribution in [0.25, 0.3) is 22.4 Å². The van der Waals surface area contributed by atoms with Crippen LogP contribution in [0.2, 0.25) is 5.02 Å². The fourth-order valence-electron chi connectivity index (χ4n) is 2.32. The third kappa shape index (κ3) is 2.32. The first-order valence-electron chi connectivity index (χ1n) is 6.51. The van der Waals surface area contributed by atoms with Gasteiger partial charge in [-0.05, 0) is 36.8 Å². The van der Waals surface area contributed by atoms with Gasteiger partial charge in [0.2, 0.25) is 0 Å². The lowest BCUT2D eigenvalue weighted by Gasteiger charge is -2.11. The quantitative estimate of drug-likeness (QED) is 0.788. The van der Waals surface area contributed by atoms with Gasteiger partial charge in [0.25, 0.3) is 0 Å². The van der Waals surface area contributed by atoms with Crippen LogP contribution >= 0.6 is 11.6 Å². The molecule has 0 fully saturated rings. The van der Waals surface area contributed by atoms with Gasteiger partial charge in [0.1, 0.15) is 5.82 Å². The van der Waals surface area contributed by atoms with Crippen molar-refractivity contribution in [1.29, 1.82) is 0 Å². The van der Waals surface area contributed by atoms with Crippen LogP contribution in [0.3, 0.4) is 0 Å². The van der Waals surface area contributed by atoms with E-state index in [1.165, 1.54) is 5.56 Å². The zero-order valence-corrected chi connectivity index (χ0v) is 12.8. The third-order valence-corrected chi connectivity index (χ3v) is 3.75. The van der Waals surface area contributed by atoms with Crippen molar-refractivity contribution in [2.75, 3.05) is 14.2 Å². The van der Waals surface area contributed by atoms with Crippen molar-refractivity contribution >= 4 is 22.6 Å². The Morgan fingerprint density at radius 1 is 1.10 bits per heavy atom. The summed E-state index contributed by atoms with van der Waals surface area (Å²) in [6.07, 6.45) is 0. The first-order valence-corrected chi connectivity index (χ1v) is 6.89. The SMILES string of the molecule is COc1ccc(-c2nc3ccc(C)cc3[nH]2)c(Cl)c1OC. The first kappa shape index (κ1) is 13.8. The van der Waals surface area contributed by atoms with Crippen molar-refractivity contribution in [3.63, 3.8) is 0 Å². The van der Waals surface area contributed by atoms with E-state index < -0.39 is 0 Å². The highest BCUT2D eigenvalue weighted by Crippen LogP contribution is 2.41. The number of nitrogens with one attached hydrogen (secondary N) is 1. The van der Waals surface area contributed by atoms with Crippen LogP contribution in [-0.4, -0.2) is 24.2 Å².